The molecule has 0 fully saturated rings. The molecule has 0 aliphatic heterocycles. The summed E-state index contributed by atoms with van der Waals surface area (Å²) in [4.78, 5) is 11.0. The van der Waals surface area contributed by atoms with Gasteiger partial charge in [0.25, 0.3) is 0 Å². The molecule has 13 heavy (non-hydrogen) atoms. The fraction of sp³-hybridized carbons (Fsp3) is 0.300. The van der Waals surface area contributed by atoms with Crippen LogP contribution in [0.5, 0.6) is 5.75 Å². The van der Waals surface area contributed by atoms with E-state index in [1.165, 1.54) is 0 Å². The predicted octanol–water partition coefficient (Wildman–Crippen LogP) is 0.984. The molecule has 1 rings (SSSR count). The number of carbonyl (C=O) groups is 1. The lowest BCUT2D eigenvalue weighted by Gasteiger charge is -2.03. The van der Waals surface area contributed by atoms with E-state index < -0.39 is 0 Å². The second-order valence-corrected chi connectivity index (χ2v) is 2.70. The van der Waals surface area contributed by atoms with Gasteiger partial charge in [0.05, 0.1) is 13.5 Å². The molecular formula is C10H13NO2. The molecule has 0 aromatic heterocycles. The maximum Gasteiger partial charge on any atom is 0.224 e. The number of methoxy groups -OCH3 is 1. The summed E-state index contributed by atoms with van der Waals surface area (Å²) >= 11 is 0. The smallest absolute Gasteiger partial charge is 0.224 e. The normalized spacial score (nSPS) is 9.38. The quantitative estimate of drug-likeness (QED) is 0.751. The molecule has 1 aromatic carbocycles. The first-order valence-electron chi connectivity index (χ1n) is 4.09. The highest BCUT2D eigenvalue weighted by Gasteiger charge is 2.01. The Kier molecular flexibility index (Phi) is 3.31. The molecule has 0 bridgehead atoms. The van der Waals surface area contributed by atoms with Crippen molar-refractivity contribution in [1.29, 1.82) is 0 Å². The third-order valence-electron chi connectivity index (χ3n) is 1.78. The van der Waals surface area contributed by atoms with Crippen molar-refractivity contribution in [3.63, 3.8) is 0 Å². The molecule has 0 radical (unpaired) electrons. The van der Waals surface area contributed by atoms with E-state index in [4.69, 9.17) is 4.74 Å². The number of nitrogens with one attached hydrogen (secondary N) is 1. The van der Waals surface area contributed by atoms with Crippen LogP contribution in [0, 0.1) is 0 Å². The van der Waals surface area contributed by atoms with E-state index in [1.54, 1.807) is 14.2 Å². The van der Waals surface area contributed by atoms with Crippen molar-refractivity contribution in [2.75, 3.05) is 14.2 Å². The van der Waals surface area contributed by atoms with Gasteiger partial charge in [0.1, 0.15) is 5.75 Å². The second-order valence-electron chi connectivity index (χ2n) is 2.70. The summed E-state index contributed by atoms with van der Waals surface area (Å²) in [6.45, 7) is 0. The molecule has 3 nitrogen and oxygen atoms in total. The van der Waals surface area contributed by atoms with E-state index >= 15 is 0 Å². The Morgan fingerprint density at radius 2 is 2.31 bits per heavy atom. The summed E-state index contributed by atoms with van der Waals surface area (Å²) in [5.41, 5.74) is 0.957. The first-order valence-corrected chi connectivity index (χ1v) is 4.09. The van der Waals surface area contributed by atoms with E-state index in [0.717, 1.165) is 11.3 Å². The Morgan fingerprint density at radius 1 is 1.54 bits per heavy atom. The molecule has 1 N–H and O–H groups in total. The Morgan fingerprint density at radius 3 is 2.92 bits per heavy atom. The van der Waals surface area contributed by atoms with Crippen molar-refractivity contribution >= 4 is 5.91 Å². The van der Waals surface area contributed by atoms with Crippen LogP contribution in [0.2, 0.25) is 0 Å². The summed E-state index contributed by atoms with van der Waals surface area (Å²) in [7, 11) is 3.24. The molecule has 0 heterocycles. The van der Waals surface area contributed by atoms with Crippen molar-refractivity contribution in [1.82, 2.24) is 5.32 Å². The van der Waals surface area contributed by atoms with Crippen molar-refractivity contribution in [2.45, 2.75) is 6.42 Å². The van der Waals surface area contributed by atoms with Crippen LogP contribution in [0.3, 0.4) is 0 Å². The van der Waals surface area contributed by atoms with Crippen molar-refractivity contribution in [3.8, 4) is 5.75 Å². The number of hydrogen-bond acceptors (Lipinski definition) is 2. The Hall–Kier alpha value is -1.51. The Balaban J connectivity index is 2.71. The van der Waals surface area contributed by atoms with Crippen LogP contribution in [0.4, 0.5) is 0 Å². The molecular weight excluding hydrogens is 166 g/mol. The minimum atomic E-state index is 0.00764. The lowest BCUT2D eigenvalue weighted by Crippen LogP contribution is -2.19. The van der Waals surface area contributed by atoms with E-state index in [-0.39, 0.29) is 5.91 Å². The standard InChI is InChI=1S/C10H13NO2/c1-11-10(12)7-8-4-3-5-9(6-8)13-2/h3-6H,7H2,1-2H3,(H,11,12). The molecule has 0 saturated heterocycles. The third kappa shape index (κ3) is 2.78. The van der Waals surface area contributed by atoms with Crippen LogP contribution >= 0.6 is 0 Å². The van der Waals surface area contributed by atoms with Gasteiger partial charge in [0.2, 0.25) is 5.91 Å². The van der Waals surface area contributed by atoms with E-state index in [1.807, 2.05) is 24.3 Å². The highest BCUT2D eigenvalue weighted by molar-refractivity contribution is 5.78. The summed E-state index contributed by atoms with van der Waals surface area (Å²) in [6.07, 6.45) is 0.397. The topological polar surface area (TPSA) is 38.3 Å². The van der Waals surface area contributed by atoms with Crippen molar-refractivity contribution < 1.29 is 9.53 Å². The molecule has 0 saturated carbocycles. The van der Waals surface area contributed by atoms with Crippen LogP contribution in [0.25, 0.3) is 0 Å². The molecule has 0 atom stereocenters. The van der Waals surface area contributed by atoms with Gasteiger partial charge in [-0.1, -0.05) is 12.1 Å². The number of ether oxygens (including phenoxy) is 1. The van der Waals surface area contributed by atoms with Crippen LogP contribution in [0.1, 0.15) is 5.56 Å². The number of carbonyl (C=O) groups excluding carboxylic acids is 1. The summed E-state index contributed by atoms with van der Waals surface area (Å²) < 4.78 is 5.04. The minimum absolute atomic E-state index is 0.00764. The van der Waals surface area contributed by atoms with E-state index in [2.05, 4.69) is 5.32 Å². The van der Waals surface area contributed by atoms with Gasteiger partial charge in [-0.25, -0.2) is 0 Å². The molecule has 0 unspecified atom stereocenters. The first-order chi connectivity index (χ1) is 6.26. The molecule has 70 valence electrons. The molecule has 0 spiro atoms. The van der Waals surface area contributed by atoms with Gasteiger partial charge in [-0.05, 0) is 17.7 Å². The summed E-state index contributed by atoms with van der Waals surface area (Å²) in [5, 5.41) is 2.57. The third-order valence-corrected chi connectivity index (χ3v) is 1.78. The van der Waals surface area contributed by atoms with Crippen molar-refractivity contribution in [2.24, 2.45) is 0 Å². The number of benzene rings is 1. The van der Waals surface area contributed by atoms with E-state index in [0.29, 0.717) is 6.42 Å². The molecule has 0 aliphatic carbocycles. The molecule has 1 amide bonds. The summed E-state index contributed by atoms with van der Waals surface area (Å²) in [5.74, 6) is 0.787. The van der Waals surface area contributed by atoms with Crippen LogP contribution in [-0.4, -0.2) is 20.1 Å². The predicted molar refractivity (Wildman–Crippen MR) is 50.8 cm³/mol. The minimum Gasteiger partial charge on any atom is -0.497 e. The lowest BCUT2D eigenvalue weighted by atomic mass is 10.1. The van der Waals surface area contributed by atoms with Crippen LogP contribution in [0.15, 0.2) is 24.3 Å². The Labute approximate surface area is 77.7 Å². The number of rotatable bonds is 3. The zero-order valence-corrected chi connectivity index (χ0v) is 7.83. The van der Waals surface area contributed by atoms with E-state index in [9.17, 15) is 4.79 Å². The average Bonchev–Trinajstić information content (AvgIpc) is 2.18. The fourth-order valence-electron chi connectivity index (χ4n) is 1.06. The molecule has 3 heteroatoms. The number of amides is 1. The first kappa shape index (κ1) is 9.58. The fourth-order valence-corrected chi connectivity index (χ4v) is 1.06. The van der Waals surface area contributed by atoms with Crippen LogP contribution in [-0.2, 0) is 11.2 Å². The highest BCUT2D eigenvalue weighted by Crippen LogP contribution is 2.12. The van der Waals surface area contributed by atoms with Gasteiger partial charge >= 0.3 is 0 Å². The second kappa shape index (κ2) is 4.50. The van der Waals surface area contributed by atoms with Gasteiger partial charge in [0.15, 0.2) is 0 Å². The number of likely N-dealkylation sites (N-methyl/N-ethyl adjacent to an activating group) is 1. The number of hydrogen-bond donors (Lipinski definition) is 1. The highest BCUT2D eigenvalue weighted by atomic mass is 16.5. The van der Waals surface area contributed by atoms with Gasteiger partial charge in [0, 0.05) is 7.05 Å². The molecule has 1 aromatic rings. The van der Waals surface area contributed by atoms with Crippen molar-refractivity contribution in [3.05, 3.63) is 29.8 Å². The molecule has 0 aliphatic rings. The summed E-state index contributed by atoms with van der Waals surface area (Å²) in [6, 6.07) is 7.48. The van der Waals surface area contributed by atoms with Gasteiger partial charge in [-0.3, -0.25) is 4.79 Å². The van der Waals surface area contributed by atoms with Crippen LogP contribution < -0.4 is 10.1 Å². The maximum absolute atomic E-state index is 11.0. The van der Waals surface area contributed by atoms with Gasteiger partial charge in [-0.2, -0.15) is 0 Å². The Bertz CT molecular complexity index is 297. The lowest BCUT2D eigenvalue weighted by molar-refractivity contribution is -0.119. The zero-order chi connectivity index (χ0) is 9.68. The zero-order valence-electron chi connectivity index (χ0n) is 7.83. The monoisotopic (exact) mass is 179 g/mol. The largest absolute Gasteiger partial charge is 0.497 e. The average molecular weight is 179 g/mol. The van der Waals surface area contributed by atoms with Gasteiger partial charge in [-0.15, -0.1) is 0 Å². The van der Waals surface area contributed by atoms with Gasteiger partial charge < -0.3 is 10.1 Å². The SMILES string of the molecule is CNC(=O)Cc1cccc(OC)c1. The maximum atomic E-state index is 11.0.